The van der Waals surface area contributed by atoms with E-state index < -0.39 is 54.0 Å². The van der Waals surface area contributed by atoms with Crippen LogP contribution in [0.2, 0.25) is 0 Å². The van der Waals surface area contributed by atoms with Crippen molar-refractivity contribution in [2.75, 3.05) is 6.54 Å². The molecule has 2 aromatic rings. The molecule has 0 bridgehead atoms. The maximum absolute atomic E-state index is 13.6. The third-order valence-electron chi connectivity index (χ3n) is 6.45. The van der Waals surface area contributed by atoms with E-state index >= 15 is 0 Å². The lowest BCUT2D eigenvalue weighted by atomic mass is 10.0. The van der Waals surface area contributed by atoms with E-state index in [2.05, 4.69) is 25.9 Å². The number of nitrogens with two attached hydrogens (primary N) is 3. The number of benzene rings is 1. The van der Waals surface area contributed by atoms with Crippen molar-refractivity contribution < 1.29 is 29.4 Å². The summed E-state index contributed by atoms with van der Waals surface area (Å²) in [7, 11) is 0. The largest absolute Gasteiger partial charge is 0.480 e. The molecule has 0 aliphatic carbocycles. The number of hydrogen-bond acceptors (Lipinski definition) is 7. The van der Waals surface area contributed by atoms with Gasteiger partial charge in [-0.05, 0) is 43.7 Å². The summed E-state index contributed by atoms with van der Waals surface area (Å²) >= 11 is 0. The standard InChI is InChI=1S/C27H42N8O6/c1-14(2)11-21(26(40)41)35-23(37)19(9-6-10-31-27(29)30)33-24(38)20(34-25(39)22(28)15(3)36)12-16-13-32-18-8-5-4-7-17(16)18/h4-5,7-8,13-15,19-22,32,36H,6,9-12,28H2,1-3H3,(H,33,38)(H,34,39)(H,35,37)(H,40,41)(H4,29,30,31). The van der Waals surface area contributed by atoms with E-state index in [9.17, 15) is 29.4 Å². The monoisotopic (exact) mass is 574 g/mol. The van der Waals surface area contributed by atoms with Crippen molar-refractivity contribution in [1.29, 1.82) is 0 Å². The number of H-pyrrole nitrogens is 1. The quantitative estimate of drug-likeness (QED) is 0.0680. The first kappa shape index (κ1) is 33.0. The van der Waals surface area contributed by atoms with Crippen LogP contribution in [-0.2, 0) is 25.6 Å². The Morgan fingerprint density at radius 3 is 2.17 bits per heavy atom. The molecule has 226 valence electrons. The predicted molar refractivity (Wildman–Crippen MR) is 154 cm³/mol. The average molecular weight is 575 g/mol. The number of aromatic nitrogens is 1. The van der Waals surface area contributed by atoms with Crippen LogP contribution in [0.3, 0.4) is 0 Å². The van der Waals surface area contributed by atoms with Gasteiger partial charge in [-0.3, -0.25) is 19.4 Å². The maximum Gasteiger partial charge on any atom is 0.326 e. The van der Waals surface area contributed by atoms with Crippen LogP contribution in [0.5, 0.6) is 0 Å². The lowest BCUT2D eigenvalue weighted by Crippen LogP contribution is -2.58. The number of aliphatic hydroxyl groups excluding tert-OH is 1. The van der Waals surface area contributed by atoms with E-state index in [1.807, 2.05) is 38.1 Å². The zero-order valence-electron chi connectivity index (χ0n) is 23.6. The Bertz CT molecular complexity index is 1220. The Labute approximate surface area is 238 Å². The van der Waals surface area contributed by atoms with Gasteiger partial charge in [0.15, 0.2) is 5.96 Å². The number of aromatic amines is 1. The normalized spacial score (nSPS) is 14.9. The van der Waals surface area contributed by atoms with Gasteiger partial charge >= 0.3 is 5.97 Å². The van der Waals surface area contributed by atoms with Crippen LogP contribution in [0.1, 0.15) is 45.6 Å². The molecule has 14 nitrogen and oxygen atoms in total. The van der Waals surface area contributed by atoms with Crippen molar-refractivity contribution in [1.82, 2.24) is 20.9 Å². The number of fused-ring (bicyclic) bond motifs is 1. The zero-order valence-corrected chi connectivity index (χ0v) is 23.6. The number of aliphatic imine (C=N–C) groups is 1. The molecule has 0 spiro atoms. The highest BCUT2D eigenvalue weighted by Crippen LogP contribution is 2.19. The van der Waals surface area contributed by atoms with Gasteiger partial charge < -0.3 is 48.3 Å². The average Bonchev–Trinajstić information content (AvgIpc) is 3.31. The summed E-state index contributed by atoms with van der Waals surface area (Å²) in [6.07, 6.45) is 1.16. The Hall–Kier alpha value is -4.17. The second kappa shape index (κ2) is 15.6. The Balaban J connectivity index is 2.32. The van der Waals surface area contributed by atoms with Crippen molar-refractivity contribution in [2.45, 2.75) is 76.7 Å². The number of carboxylic acids is 1. The summed E-state index contributed by atoms with van der Waals surface area (Å²) in [5.74, 6) is -3.49. The van der Waals surface area contributed by atoms with Crippen LogP contribution in [0.15, 0.2) is 35.5 Å². The molecule has 5 atom stereocenters. The highest BCUT2D eigenvalue weighted by atomic mass is 16.4. The predicted octanol–water partition coefficient (Wildman–Crippen LogP) is -0.943. The lowest BCUT2D eigenvalue weighted by Gasteiger charge is -2.26. The molecule has 5 unspecified atom stereocenters. The zero-order chi connectivity index (χ0) is 30.7. The SMILES string of the molecule is CC(C)CC(NC(=O)C(CCCN=C(N)N)NC(=O)C(Cc1c[nH]c2ccccc12)NC(=O)C(N)C(C)O)C(=O)O. The minimum atomic E-state index is -1.29. The number of carbonyl (C=O) groups excluding carboxylic acids is 3. The molecule has 1 aromatic heterocycles. The van der Waals surface area contributed by atoms with Gasteiger partial charge in [0.05, 0.1) is 6.10 Å². The molecule has 0 saturated heterocycles. The number of aliphatic carboxylic acids is 1. The first-order valence-electron chi connectivity index (χ1n) is 13.5. The fourth-order valence-electron chi connectivity index (χ4n) is 4.23. The smallest absolute Gasteiger partial charge is 0.326 e. The third kappa shape index (κ3) is 10.4. The van der Waals surface area contributed by atoms with Crippen molar-refractivity contribution in [3.63, 3.8) is 0 Å². The lowest BCUT2D eigenvalue weighted by molar-refractivity contribution is -0.143. The maximum atomic E-state index is 13.6. The number of rotatable bonds is 16. The second-order valence-electron chi connectivity index (χ2n) is 10.4. The molecule has 0 radical (unpaired) electrons. The van der Waals surface area contributed by atoms with Gasteiger partial charge in [0.1, 0.15) is 24.2 Å². The molecule has 2 rings (SSSR count). The van der Waals surface area contributed by atoms with Crippen LogP contribution in [0.4, 0.5) is 0 Å². The minimum Gasteiger partial charge on any atom is -0.480 e. The van der Waals surface area contributed by atoms with Crippen LogP contribution in [0.25, 0.3) is 10.9 Å². The van der Waals surface area contributed by atoms with Crippen LogP contribution >= 0.6 is 0 Å². The van der Waals surface area contributed by atoms with Gasteiger partial charge in [-0.15, -0.1) is 0 Å². The summed E-state index contributed by atoms with van der Waals surface area (Å²) in [6.45, 7) is 5.18. The fourth-order valence-corrected chi connectivity index (χ4v) is 4.23. The summed E-state index contributed by atoms with van der Waals surface area (Å²) in [6, 6.07) is 2.63. The third-order valence-corrected chi connectivity index (χ3v) is 6.45. The molecule has 0 aliphatic heterocycles. The van der Waals surface area contributed by atoms with Crippen molar-refractivity contribution in [3.8, 4) is 0 Å². The molecule has 41 heavy (non-hydrogen) atoms. The van der Waals surface area contributed by atoms with E-state index in [1.54, 1.807) is 6.20 Å². The summed E-state index contributed by atoms with van der Waals surface area (Å²) in [5.41, 5.74) is 18.1. The molecule has 3 amide bonds. The van der Waals surface area contributed by atoms with Crippen LogP contribution in [0, 0.1) is 5.92 Å². The molecule has 0 aliphatic rings. The highest BCUT2D eigenvalue weighted by molar-refractivity contribution is 5.95. The Morgan fingerprint density at radius 2 is 1.56 bits per heavy atom. The molecular weight excluding hydrogens is 532 g/mol. The molecule has 1 aromatic carbocycles. The molecular formula is C27H42N8O6. The van der Waals surface area contributed by atoms with E-state index in [4.69, 9.17) is 17.2 Å². The van der Waals surface area contributed by atoms with E-state index in [1.165, 1.54) is 6.92 Å². The topological polar surface area (TPSA) is 251 Å². The number of guanidine groups is 1. The van der Waals surface area contributed by atoms with Gasteiger partial charge in [0.25, 0.3) is 0 Å². The number of aliphatic hydroxyl groups is 1. The molecule has 14 heteroatoms. The fraction of sp³-hybridized carbons (Fsp3) is 0.519. The van der Waals surface area contributed by atoms with Gasteiger partial charge in [-0.25, -0.2) is 4.79 Å². The first-order valence-corrected chi connectivity index (χ1v) is 13.5. The van der Waals surface area contributed by atoms with Crippen LogP contribution < -0.4 is 33.2 Å². The summed E-state index contributed by atoms with van der Waals surface area (Å²) in [4.78, 5) is 58.3. The number of amides is 3. The van der Waals surface area contributed by atoms with Gasteiger partial charge in [0.2, 0.25) is 17.7 Å². The number of carboxylic acid groups (broad SMARTS) is 1. The number of hydrogen-bond donors (Lipinski definition) is 9. The second-order valence-corrected chi connectivity index (χ2v) is 10.4. The van der Waals surface area contributed by atoms with Gasteiger partial charge in [0, 0.05) is 30.1 Å². The van der Waals surface area contributed by atoms with Crippen molar-refractivity contribution in [3.05, 3.63) is 36.0 Å². The minimum absolute atomic E-state index is 0.0137. The first-order chi connectivity index (χ1) is 19.3. The highest BCUT2D eigenvalue weighted by Gasteiger charge is 2.31. The molecule has 12 N–H and O–H groups in total. The molecule has 1 heterocycles. The number of nitrogens with one attached hydrogen (secondary N) is 4. The van der Waals surface area contributed by atoms with Crippen molar-refractivity contribution >= 4 is 40.6 Å². The van der Waals surface area contributed by atoms with Gasteiger partial charge in [-0.1, -0.05) is 32.0 Å². The van der Waals surface area contributed by atoms with Crippen molar-refractivity contribution in [2.24, 2.45) is 28.1 Å². The summed E-state index contributed by atoms with van der Waals surface area (Å²) in [5, 5.41) is 28.0. The number of carbonyl (C=O) groups is 4. The molecule has 0 fully saturated rings. The molecule has 0 saturated carbocycles. The Kier molecular flexibility index (Phi) is 12.5. The van der Waals surface area contributed by atoms with E-state index in [-0.39, 0.29) is 37.7 Å². The van der Waals surface area contributed by atoms with Crippen LogP contribution in [-0.4, -0.2) is 81.7 Å². The summed E-state index contributed by atoms with van der Waals surface area (Å²) < 4.78 is 0. The number of para-hydroxylation sites is 1. The van der Waals surface area contributed by atoms with E-state index in [0.717, 1.165) is 16.5 Å². The Morgan fingerprint density at radius 1 is 0.951 bits per heavy atom. The number of nitrogens with zero attached hydrogens (tertiary/aromatic N) is 1. The van der Waals surface area contributed by atoms with Gasteiger partial charge in [-0.2, -0.15) is 0 Å². The van der Waals surface area contributed by atoms with E-state index in [0.29, 0.717) is 6.42 Å².